The summed E-state index contributed by atoms with van der Waals surface area (Å²) < 4.78 is 5.48. The van der Waals surface area contributed by atoms with Gasteiger partial charge in [0.2, 0.25) is 0 Å². The van der Waals surface area contributed by atoms with E-state index in [1.807, 2.05) is 0 Å². The van der Waals surface area contributed by atoms with Crippen LogP contribution in [0.4, 0.5) is 0 Å². The molecular weight excluding hydrogens is 321 g/mol. The molecule has 3 nitrogen and oxygen atoms in total. The molecule has 1 N–H and O–H groups in total. The number of nitrogens with one attached hydrogen (secondary N) is 1. The lowest BCUT2D eigenvalue weighted by Crippen LogP contribution is -2.42. The molecule has 4 atom stereocenters. The standard InChI is InChI=1S/C17H21Cl2NO2/c1-10(14-7-11-2-3-12(14)6-11)20-17(21)9-22-16-5-4-13(18)8-15(16)19/h4-5,8,10-12,14H,2-3,6-7,9H2,1H3,(H,20,21)/t10-,11-,12-,14-/m1/s1. The molecule has 0 spiro atoms. The third-order valence-corrected chi connectivity index (χ3v) is 5.61. The fourth-order valence-corrected chi connectivity index (χ4v) is 4.51. The van der Waals surface area contributed by atoms with Crippen LogP contribution >= 0.6 is 23.2 Å². The Hall–Kier alpha value is -0.930. The maximum absolute atomic E-state index is 12.1. The Kier molecular flexibility index (Phi) is 4.84. The largest absolute Gasteiger partial charge is 0.482 e. The molecule has 2 bridgehead atoms. The second-order valence-electron chi connectivity index (χ2n) is 6.56. The third kappa shape index (κ3) is 3.52. The Morgan fingerprint density at radius 3 is 2.82 bits per heavy atom. The summed E-state index contributed by atoms with van der Waals surface area (Å²) in [7, 11) is 0. The summed E-state index contributed by atoms with van der Waals surface area (Å²) in [6, 6.07) is 5.19. The predicted molar refractivity (Wildman–Crippen MR) is 88.5 cm³/mol. The number of carbonyl (C=O) groups is 1. The van der Waals surface area contributed by atoms with E-state index in [0.29, 0.717) is 21.7 Å². The van der Waals surface area contributed by atoms with Gasteiger partial charge in [-0.25, -0.2) is 0 Å². The molecule has 0 radical (unpaired) electrons. The smallest absolute Gasteiger partial charge is 0.258 e. The van der Waals surface area contributed by atoms with E-state index in [4.69, 9.17) is 27.9 Å². The molecule has 0 heterocycles. The summed E-state index contributed by atoms with van der Waals surface area (Å²) in [5, 5.41) is 4.04. The maximum Gasteiger partial charge on any atom is 0.258 e. The first-order chi connectivity index (χ1) is 10.5. The first-order valence-corrected chi connectivity index (χ1v) is 8.65. The summed E-state index contributed by atoms with van der Waals surface area (Å²) in [6.07, 6.45) is 5.31. The highest BCUT2D eigenvalue weighted by atomic mass is 35.5. The molecule has 1 aromatic carbocycles. The van der Waals surface area contributed by atoms with Crippen LogP contribution in [-0.4, -0.2) is 18.6 Å². The quantitative estimate of drug-likeness (QED) is 0.866. The van der Waals surface area contributed by atoms with Gasteiger partial charge >= 0.3 is 0 Å². The van der Waals surface area contributed by atoms with Gasteiger partial charge in [0.05, 0.1) is 5.02 Å². The molecular formula is C17H21Cl2NO2. The van der Waals surface area contributed by atoms with Crippen LogP contribution in [0.25, 0.3) is 0 Å². The molecule has 2 aliphatic rings. The van der Waals surface area contributed by atoms with E-state index < -0.39 is 0 Å². The number of fused-ring (bicyclic) bond motifs is 2. The van der Waals surface area contributed by atoms with E-state index in [1.54, 1.807) is 18.2 Å². The fraction of sp³-hybridized carbons (Fsp3) is 0.588. The van der Waals surface area contributed by atoms with Crippen LogP contribution in [0, 0.1) is 17.8 Å². The molecule has 1 aromatic rings. The minimum atomic E-state index is -0.0960. The SMILES string of the molecule is C[C@@H](NC(=O)COc1ccc(Cl)cc1Cl)[C@H]1C[C@@H]2CC[C@@H]1C2. The van der Waals surface area contributed by atoms with Gasteiger partial charge in [-0.15, -0.1) is 0 Å². The van der Waals surface area contributed by atoms with Gasteiger partial charge in [0.15, 0.2) is 6.61 Å². The van der Waals surface area contributed by atoms with Crippen molar-refractivity contribution in [3.05, 3.63) is 28.2 Å². The Balaban J connectivity index is 1.48. The van der Waals surface area contributed by atoms with Gasteiger partial charge < -0.3 is 10.1 Å². The number of hydrogen-bond donors (Lipinski definition) is 1. The summed E-state index contributed by atoms with van der Waals surface area (Å²) in [4.78, 5) is 12.1. The van der Waals surface area contributed by atoms with Crippen molar-refractivity contribution in [2.45, 2.75) is 38.6 Å². The van der Waals surface area contributed by atoms with Crippen molar-refractivity contribution in [3.63, 3.8) is 0 Å². The molecule has 2 aliphatic carbocycles. The highest BCUT2D eigenvalue weighted by Crippen LogP contribution is 2.49. The van der Waals surface area contributed by atoms with Gasteiger partial charge in [-0.05, 0) is 62.1 Å². The summed E-state index contributed by atoms with van der Waals surface area (Å²) in [6.45, 7) is 2.09. The van der Waals surface area contributed by atoms with Gasteiger partial charge in [-0.2, -0.15) is 0 Å². The molecule has 0 aromatic heterocycles. The molecule has 0 saturated heterocycles. The van der Waals surface area contributed by atoms with E-state index in [1.165, 1.54) is 25.7 Å². The van der Waals surface area contributed by atoms with Crippen molar-refractivity contribution in [2.75, 3.05) is 6.61 Å². The average molecular weight is 342 g/mol. The van der Waals surface area contributed by atoms with E-state index in [0.717, 1.165) is 11.8 Å². The minimum Gasteiger partial charge on any atom is -0.482 e. The zero-order chi connectivity index (χ0) is 15.7. The van der Waals surface area contributed by atoms with Gasteiger partial charge in [0.1, 0.15) is 5.75 Å². The number of benzene rings is 1. The predicted octanol–water partition coefficient (Wildman–Crippen LogP) is 4.31. The Labute approximate surface area is 141 Å². The third-order valence-electron chi connectivity index (χ3n) is 5.08. The van der Waals surface area contributed by atoms with Gasteiger partial charge in [0.25, 0.3) is 5.91 Å². The van der Waals surface area contributed by atoms with Crippen molar-refractivity contribution in [1.82, 2.24) is 5.32 Å². The molecule has 5 heteroatoms. The highest BCUT2D eigenvalue weighted by molar-refractivity contribution is 6.35. The van der Waals surface area contributed by atoms with Crippen molar-refractivity contribution < 1.29 is 9.53 Å². The summed E-state index contributed by atoms with van der Waals surface area (Å²) in [5.74, 6) is 2.70. The van der Waals surface area contributed by atoms with Crippen LogP contribution in [0.5, 0.6) is 5.75 Å². The normalized spacial score (nSPS) is 27.7. The second-order valence-corrected chi connectivity index (χ2v) is 7.40. The van der Waals surface area contributed by atoms with Gasteiger partial charge in [-0.1, -0.05) is 29.6 Å². The number of hydrogen-bond acceptors (Lipinski definition) is 2. The maximum atomic E-state index is 12.1. The van der Waals surface area contributed by atoms with Gasteiger partial charge in [-0.3, -0.25) is 4.79 Å². The first kappa shape index (κ1) is 15.9. The van der Waals surface area contributed by atoms with Crippen LogP contribution in [0.2, 0.25) is 10.0 Å². The Morgan fingerprint density at radius 2 is 2.18 bits per heavy atom. The number of carbonyl (C=O) groups excluding carboxylic acids is 1. The topological polar surface area (TPSA) is 38.3 Å². The van der Waals surface area contributed by atoms with Crippen molar-refractivity contribution in [2.24, 2.45) is 17.8 Å². The van der Waals surface area contributed by atoms with E-state index in [2.05, 4.69) is 12.2 Å². The minimum absolute atomic E-state index is 0.0213. The number of halogens is 2. The first-order valence-electron chi connectivity index (χ1n) is 7.90. The molecule has 0 aliphatic heterocycles. The molecule has 0 unspecified atom stereocenters. The lowest BCUT2D eigenvalue weighted by Gasteiger charge is -2.28. The molecule has 1 amide bonds. The summed E-state index contributed by atoms with van der Waals surface area (Å²) in [5.41, 5.74) is 0. The summed E-state index contributed by atoms with van der Waals surface area (Å²) >= 11 is 11.9. The van der Waals surface area contributed by atoms with Crippen LogP contribution in [-0.2, 0) is 4.79 Å². The Morgan fingerprint density at radius 1 is 1.36 bits per heavy atom. The van der Waals surface area contributed by atoms with E-state index in [9.17, 15) is 4.79 Å². The molecule has 120 valence electrons. The van der Waals surface area contributed by atoms with E-state index >= 15 is 0 Å². The lowest BCUT2D eigenvalue weighted by atomic mass is 9.84. The Bertz CT molecular complexity index is 564. The molecule has 2 saturated carbocycles. The fourth-order valence-electron chi connectivity index (χ4n) is 4.04. The molecule has 22 heavy (non-hydrogen) atoms. The highest BCUT2D eigenvalue weighted by Gasteiger charge is 2.42. The van der Waals surface area contributed by atoms with Crippen molar-refractivity contribution >= 4 is 29.1 Å². The average Bonchev–Trinajstić information content (AvgIpc) is 3.09. The lowest BCUT2D eigenvalue weighted by molar-refractivity contribution is -0.124. The molecule has 3 rings (SSSR count). The van der Waals surface area contributed by atoms with Crippen molar-refractivity contribution in [1.29, 1.82) is 0 Å². The van der Waals surface area contributed by atoms with Gasteiger partial charge in [0, 0.05) is 11.1 Å². The number of ether oxygens (including phenoxy) is 1. The van der Waals surface area contributed by atoms with Crippen molar-refractivity contribution in [3.8, 4) is 5.75 Å². The molecule has 2 fully saturated rings. The van der Waals surface area contributed by atoms with Crippen LogP contribution in [0.1, 0.15) is 32.6 Å². The van der Waals surface area contributed by atoms with Crippen LogP contribution < -0.4 is 10.1 Å². The second kappa shape index (κ2) is 6.67. The van der Waals surface area contributed by atoms with Crippen LogP contribution in [0.15, 0.2) is 18.2 Å². The number of amides is 1. The number of rotatable bonds is 5. The zero-order valence-corrected chi connectivity index (χ0v) is 14.2. The van der Waals surface area contributed by atoms with E-state index in [-0.39, 0.29) is 18.6 Å². The van der Waals surface area contributed by atoms with Crippen LogP contribution in [0.3, 0.4) is 0 Å². The monoisotopic (exact) mass is 341 g/mol. The zero-order valence-electron chi connectivity index (χ0n) is 12.6.